The summed E-state index contributed by atoms with van der Waals surface area (Å²) in [5.74, 6) is -1.64. The van der Waals surface area contributed by atoms with Gasteiger partial charge in [-0.05, 0) is 25.8 Å². The Labute approximate surface area is 125 Å². The zero-order valence-electron chi connectivity index (χ0n) is 11.8. The van der Waals surface area contributed by atoms with E-state index in [1.807, 2.05) is 0 Å². The van der Waals surface area contributed by atoms with Gasteiger partial charge >= 0.3 is 0 Å². The van der Waals surface area contributed by atoms with E-state index in [4.69, 9.17) is 0 Å². The Balaban J connectivity index is 2.06. The van der Waals surface area contributed by atoms with Crippen molar-refractivity contribution in [3.63, 3.8) is 0 Å². The first-order valence-corrected chi connectivity index (χ1v) is 6.82. The second-order valence-electron chi connectivity index (χ2n) is 5.57. The van der Waals surface area contributed by atoms with Crippen LogP contribution in [0.3, 0.4) is 0 Å². The number of hydrogen-bond acceptors (Lipinski definition) is 5. The Hall–Kier alpha value is -2.77. The van der Waals surface area contributed by atoms with Gasteiger partial charge in [0.15, 0.2) is 0 Å². The second-order valence-corrected chi connectivity index (χ2v) is 5.57. The third kappa shape index (κ3) is 1.80. The van der Waals surface area contributed by atoms with Crippen LogP contribution >= 0.6 is 0 Å². The fraction of sp³-hybridized carbons (Fsp3) is 0.357. The molecule has 0 unspecified atom stereocenters. The minimum absolute atomic E-state index is 0.0289. The van der Waals surface area contributed by atoms with Crippen molar-refractivity contribution in [3.8, 4) is 0 Å². The van der Waals surface area contributed by atoms with Crippen LogP contribution in [0, 0.1) is 10.1 Å². The first kappa shape index (κ1) is 14.2. The number of nitro benzene ring substituents is 1. The molecular formula is C14H13N3O5. The molecule has 1 saturated heterocycles. The standard InChI is InChI=1S/C14H13N3O5/c1-14(5-2-6-15-13(14)20)16-11(18)9-4-3-8(17(21)22)7-10(9)12(16)19/h3-4,7H,2,5-6H2,1H3,(H,15,20)/t14-/m1/s1. The Morgan fingerprint density at radius 2 is 1.91 bits per heavy atom. The number of nitrogens with one attached hydrogen (secondary N) is 1. The molecule has 1 fully saturated rings. The molecule has 1 aromatic carbocycles. The fourth-order valence-electron chi connectivity index (χ4n) is 2.94. The van der Waals surface area contributed by atoms with Crippen molar-refractivity contribution < 1.29 is 19.3 Å². The quantitative estimate of drug-likeness (QED) is 0.495. The van der Waals surface area contributed by atoms with Gasteiger partial charge in [-0.3, -0.25) is 29.4 Å². The molecule has 1 N–H and O–H groups in total. The van der Waals surface area contributed by atoms with Gasteiger partial charge < -0.3 is 5.32 Å². The van der Waals surface area contributed by atoms with Crippen LogP contribution in [0.1, 0.15) is 40.5 Å². The summed E-state index contributed by atoms with van der Waals surface area (Å²) in [4.78, 5) is 48.3. The normalized spacial score (nSPS) is 24.2. The molecule has 3 amide bonds. The molecule has 22 heavy (non-hydrogen) atoms. The molecule has 0 spiro atoms. The monoisotopic (exact) mass is 303 g/mol. The Morgan fingerprint density at radius 1 is 1.23 bits per heavy atom. The number of non-ortho nitro benzene ring substituents is 1. The highest BCUT2D eigenvalue weighted by Gasteiger charge is 2.51. The van der Waals surface area contributed by atoms with Crippen LogP contribution in [-0.4, -0.2) is 39.6 Å². The molecule has 1 aromatic rings. The van der Waals surface area contributed by atoms with E-state index in [0.29, 0.717) is 19.4 Å². The van der Waals surface area contributed by atoms with Crippen LogP contribution in [0.4, 0.5) is 5.69 Å². The molecule has 1 atom stereocenters. The summed E-state index contributed by atoms with van der Waals surface area (Å²) in [5, 5.41) is 13.5. The van der Waals surface area contributed by atoms with Gasteiger partial charge in [-0.2, -0.15) is 0 Å². The van der Waals surface area contributed by atoms with Crippen molar-refractivity contribution in [1.82, 2.24) is 10.2 Å². The number of amides is 3. The van der Waals surface area contributed by atoms with Crippen molar-refractivity contribution in [3.05, 3.63) is 39.4 Å². The minimum atomic E-state index is -1.26. The molecular weight excluding hydrogens is 290 g/mol. The molecule has 8 nitrogen and oxygen atoms in total. The molecule has 2 aliphatic heterocycles. The summed E-state index contributed by atoms with van der Waals surface area (Å²) in [7, 11) is 0. The number of benzene rings is 1. The van der Waals surface area contributed by atoms with Crippen LogP contribution in [0.2, 0.25) is 0 Å². The van der Waals surface area contributed by atoms with E-state index in [-0.39, 0.29) is 22.7 Å². The molecule has 0 saturated carbocycles. The lowest BCUT2D eigenvalue weighted by Gasteiger charge is -2.38. The van der Waals surface area contributed by atoms with Gasteiger partial charge in [-0.25, -0.2) is 0 Å². The fourth-order valence-corrected chi connectivity index (χ4v) is 2.94. The number of carbonyl (C=O) groups excluding carboxylic acids is 3. The maximum Gasteiger partial charge on any atom is 0.270 e. The van der Waals surface area contributed by atoms with Crippen LogP contribution in [0.25, 0.3) is 0 Å². The van der Waals surface area contributed by atoms with Gasteiger partial charge in [0.2, 0.25) is 5.91 Å². The highest BCUT2D eigenvalue weighted by Crippen LogP contribution is 2.35. The van der Waals surface area contributed by atoms with Gasteiger partial charge in [0, 0.05) is 18.7 Å². The molecule has 0 aliphatic carbocycles. The zero-order valence-corrected chi connectivity index (χ0v) is 11.8. The maximum atomic E-state index is 12.5. The number of hydrogen-bond donors (Lipinski definition) is 1. The van der Waals surface area contributed by atoms with Crippen LogP contribution in [0.15, 0.2) is 18.2 Å². The van der Waals surface area contributed by atoms with Crippen LogP contribution in [0.5, 0.6) is 0 Å². The molecule has 8 heteroatoms. The molecule has 0 radical (unpaired) electrons. The van der Waals surface area contributed by atoms with Crippen LogP contribution in [-0.2, 0) is 4.79 Å². The third-order valence-corrected chi connectivity index (χ3v) is 4.19. The number of carbonyl (C=O) groups is 3. The molecule has 0 aromatic heterocycles. The lowest BCUT2D eigenvalue weighted by atomic mass is 9.89. The van der Waals surface area contributed by atoms with Crippen molar-refractivity contribution >= 4 is 23.4 Å². The number of piperidine rings is 1. The Bertz CT molecular complexity index is 729. The summed E-state index contributed by atoms with van der Waals surface area (Å²) in [6, 6.07) is 3.52. The molecule has 0 bridgehead atoms. The number of rotatable bonds is 2. The molecule has 3 rings (SSSR count). The van der Waals surface area contributed by atoms with Gasteiger partial charge in [-0.1, -0.05) is 0 Å². The zero-order chi connectivity index (χ0) is 16.1. The van der Waals surface area contributed by atoms with Gasteiger partial charge in [0.1, 0.15) is 5.54 Å². The number of fused-ring (bicyclic) bond motifs is 1. The Morgan fingerprint density at radius 3 is 2.55 bits per heavy atom. The van der Waals surface area contributed by atoms with E-state index in [0.717, 1.165) is 11.0 Å². The summed E-state index contributed by atoms with van der Waals surface area (Å²) >= 11 is 0. The van der Waals surface area contributed by atoms with E-state index in [1.165, 1.54) is 19.1 Å². The lowest BCUT2D eigenvalue weighted by molar-refractivity contribution is -0.384. The predicted molar refractivity (Wildman–Crippen MR) is 74.2 cm³/mol. The summed E-state index contributed by atoms with van der Waals surface area (Å²) in [6.45, 7) is 2.04. The molecule has 114 valence electrons. The van der Waals surface area contributed by atoms with Gasteiger partial charge in [0.05, 0.1) is 16.1 Å². The SMILES string of the molecule is C[C@@]1(N2C(=O)c3ccc([N+](=O)[O-])cc3C2=O)CCCNC1=O. The molecule has 2 heterocycles. The van der Waals surface area contributed by atoms with Crippen molar-refractivity contribution in [2.45, 2.75) is 25.3 Å². The number of nitro groups is 1. The first-order chi connectivity index (χ1) is 10.4. The number of nitrogens with zero attached hydrogens (tertiary/aromatic N) is 2. The van der Waals surface area contributed by atoms with Crippen molar-refractivity contribution in [2.24, 2.45) is 0 Å². The smallest absolute Gasteiger partial charge is 0.270 e. The average Bonchev–Trinajstić information content (AvgIpc) is 2.74. The van der Waals surface area contributed by atoms with Crippen LogP contribution < -0.4 is 5.32 Å². The van der Waals surface area contributed by atoms with E-state index in [9.17, 15) is 24.5 Å². The highest BCUT2D eigenvalue weighted by molar-refractivity contribution is 6.23. The third-order valence-electron chi connectivity index (χ3n) is 4.19. The Kier molecular flexibility index (Phi) is 2.98. The summed E-state index contributed by atoms with van der Waals surface area (Å²) < 4.78 is 0. The van der Waals surface area contributed by atoms with E-state index < -0.39 is 22.3 Å². The first-order valence-electron chi connectivity index (χ1n) is 6.82. The minimum Gasteiger partial charge on any atom is -0.354 e. The largest absolute Gasteiger partial charge is 0.354 e. The molecule has 2 aliphatic rings. The predicted octanol–water partition coefficient (Wildman–Crippen LogP) is 0.859. The van der Waals surface area contributed by atoms with Gasteiger partial charge in [0.25, 0.3) is 17.5 Å². The second kappa shape index (κ2) is 4.62. The van der Waals surface area contributed by atoms with Crippen molar-refractivity contribution in [2.75, 3.05) is 6.54 Å². The van der Waals surface area contributed by atoms with E-state index in [2.05, 4.69) is 5.32 Å². The average molecular weight is 303 g/mol. The summed E-state index contributed by atoms with van der Waals surface area (Å²) in [5.41, 5.74) is -1.46. The van der Waals surface area contributed by atoms with E-state index in [1.54, 1.807) is 0 Å². The topological polar surface area (TPSA) is 110 Å². The highest BCUT2D eigenvalue weighted by atomic mass is 16.6. The van der Waals surface area contributed by atoms with Gasteiger partial charge in [-0.15, -0.1) is 0 Å². The maximum absolute atomic E-state index is 12.5. The lowest BCUT2D eigenvalue weighted by Crippen LogP contribution is -2.61. The summed E-state index contributed by atoms with van der Waals surface area (Å²) in [6.07, 6.45) is 1.02. The van der Waals surface area contributed by atoms with Crippen molar-refractivity contribution in [1.29, 1.82) is 0 Å². The number of imide groups is 1. The van der Waals surface area contributed by atoms with E-state index >= 15 is 0 Å².